The van der Waals surface area contributed by atoms with Crippen LogP contribution in [0, 0.1) is 0 Å². The van der Waals surface area contributed by atoms with E-state index in [1.165, 1.54) is 4.90 Å². The summed E-state index contributed by atoms with van der Waals surface area (Å²) < 4.78 is 10.7. The number of urea groups is 1. The zero-order chi connectivity index (χ0) is 22.1. The molecule has 30 heavy (non-hydrogen) atoms. The van der Waals surface area contributed by atoms with E-state index in [1.54, 1.807) is 37.5 Å². The van der Waals surface area contributed by atoms with Crippen molar-refractivity contribution in [1.82, 2.24) is 15.5 Å². The maximum atomic E-state index is 12.9. The number of carbonyl (C=O) groups excluding carboxylic acids is 3. The van der Waals surface area contributed by atoms with Crippen molar-refractivity contribution < 1.29 is 23.9 Å². The van der Waals surface area contributed by atoms with Gasteiger partial charge in [0.25, 0.3) is 11.8 Å². The molecule has 1 atom stereocenters. The van der Waals surface area contributed by atoms with Gasteiger partial charge < -0.3 is 19.7 Å². The van der Waals surface area contributed by atoms with Crippen LogP contribution in [0.25, 0.3) is 0 Å². The number of allylic oxidation sites excluding steroid dienone is 1. The highest BCUT2D eigenvalue weighted by Gasteiger charge is 2.50. The molecule has 3 rings (SSSR count). The Kier molecular flexibility index (Phi) is 5.69. The molecule has 158 valence electrons. The Morgan fingerprint density at radius 2 is 2.00 bits per heavy atom. The quantitative estimate of drug-likeness (QED) is 0.389. The molecule has 0 aliphatic carbocycles. The molecule has 1 fully saturated rings. The molecule has 2 aliphatic rings. The van der Waals surface area contributed by atoms with Gasteiger partial charge in [-0.2, -0.15) is 0 Å². The number of rotatable bonds is 8. The zero-order valence-electron chi connectivity index (χ0n) is 17.3. The number of hydrogen-bond acceptors (Lipinski definition) is 5. The third-order valence-electron chi connectivity index (χ3n) is 4.97. The second-order valence-electron chi connectivity index (χ2n) is 7.49. The van der Waals surface area contributed by atoms with Gasteiger partial charge >= 0.3 is 6.03 Å². The van der Waals surface area contributed by atoms with Gasteiger partial charge in [0.1, 0.15) is 11.5 Å². The largest absolute Gasteiger partial charge is 0.497 e. The minimum atomic E-state index is -1.49. The lowest BCUT2D eigenvalue weighted by Crippen LogP contribution is -2.56. The molecule has 4 amide bonds. The second kappa shape index (κ2) is 8.06. The Hall–Kier alpha value is -3.55. The summed E-state index contributed by atoms with van der Waals surface area (Å²) in [5, 5.41) is 4.88. The predicted octanol–water partition coefficient (Wildman–Crippen LogP) is 2.28. The Labute approximate surface area is 175 Å². The van der Waals surface area contributed by atoms with Crippen LogP contribution in [0.1, 0.15) is 29.8 Å². The number of amides is 4. The molecule has 8 heteroatoms. The van der Waals surface area contributed by atoms with Crippen molar-refractivity contribution in [2.75, 3.05) is 13.7 Å². The predicted molar refractivity (Wildman–Crippen MR) is 111 cm³/mol. The lowest BCUT2D eigenvalue weighted by Gasteiger charge is -2.31. The summed E-state index contributed by atoms with van der Waals surface area (Å²) in [6.07, 6.45) is 3.08. The standard InChI is InChI=1S/C22H25N3O5/c1-13(2)30-15(4)7-6-14(3)22(20(27)23-21(28)24-22)12-25-11-16-10-17(29-5)8-9-18(16)19(25)26/h6-10,13H,3-4,11-12H2,1-2,5H3,(H2,23,24,27,28)/b7-6-. The highest BCUT2D eigenvalue weighted by atomic mass is 16.5. The summed E-state index contributed by atoms with van der Waals surface area (Å²) in [4.78, 5) is 39.1. The van der Waals surface area contributed by atoms with E-state index in [1.807, 2.05) is 13.8 Å². The SMILES string of the molecule is C=C(/C=C\C(=C)C1(CN2Cc3cc(OC)ccc3C2=O)NC(=O)NC1=O)OC(C)C. The summed E-state index contributed by atoms with van der Waals surface area (Å²) in [5.74, 6) is 0.230. The monoisotopic (exact) mass is 411 g/mol. The van der Waals surface area contributed by atoms with Gasteiger partial charge in [0.05, 0.1) is 19.8 Å². The van der Waals surface area contributed by atoms with Crippen molar-refractivity contribution in [3.63, 3.8) is 0 Å². The molecule has 0 aromatic heterocycles. The van der Waals surface area contributed by atoms with Crippen LogP contribution < -0.4 is 15.4 Å². The number of hydrogen-bond donors (Lipinski definition) is 2. The fourth-order valence-electron chi connectivity index (χ4n) is 3.51. The van der Waals surface area contributed by atoms with Gasteiger partial charge in [0.2, 0.25) is 0 Å². The molecule has 0 radical (unpaired) electrons. The first-order valence-corrected chi connectivity index (χ1v) is 9.49. The van der Waals surface area contributed by atoms with E-state index < -0.39 is 17.5 Å². The van der Waals surface area contributed by atoms with E-state index in [0.29, 0.717) is 22.6 Å². The fourth-order valence-corrected chi connectivity index (χ4v) is 3.51. The Bertz CT molecular complexity index is 966. The third kappa shape index (κ3) is 3.94. The van der Waals surface area contributed by atoms with E-state index in [2.05, 4.69) is 23.8 Å². The molecule has 2 heterocycles. The highest BCUT2D eigenvalue weighted by molar-refractivity contribution is 6.10. The first kappa shape index (κ1) is 21.2. The first-order valence-electron chi connectivity index (χ1n) is 9.49. The van der Waals surface area contributed by atoms with Gasteiger partial charge in [-0.05, 0) is 49.3 Å². The average Bonchev–Trinajstić information content (AvgIpc) is 3.15. The van der Waals surface area contributed by atoms with Gasteiger partial charge in [0, 0.05) is 12.1 Å². The van der Waals surface area contributed by atoms with Crippen LogP contribution >= 0.6 is 0 Å². The summed E-state index contributed by atoms with van der Waals surface area (Å²) >= 11 is 0. The molecule has 2 N–H and O–H groups in total. The van der Waals surface area contributed by atoms with Gasteiger partial charge in [-0.25, -0.2) is 4.79 Å². The number of fused-ring (bicyclic) bond motifs is 1. The Morgan fingerprint density at radius 3 is 2.60 bits per heavy atom. The molecule has 1 aromatic carbocycles. The molecule has 0 spiro atoms. The molecule has 8 nitrogen and oxygen atoms in total. The van der Waals surface area contributed by atoms with Gasteiger partial charge in [-0.15, -0.1) is 0 Å². The first-order chi connectivity index (χ1) is 14.2. The lowest BCUT2D eigenvalue weighted by atomic mass is 9.89. The number of ether oxygens (including phenoxy) is 2. The summed E-state index contributed by atoms with van der Waals surface area (Å²) in [5.41, 5.74) is 0.142. The summed E-state index contributed by atoms with van der Waals surface area (Å²) in [7, 11) is 1.55. The summed E-state index contributed by atoms with van der Waals surface area (Å²) in [6.45, 7) is 11.7. The molecular weight excluding hydrogens is 386 g/mol. The van der Waals surface area contributed by atoms with Crippen molar-refractivity contribution in [2.45, 2.75) is 32.0 Å². The number of carbonyl (C=O) groups is 3. The maximum Gasteiger partial charge on any atom is 0.322 e. The second-order valence-corrected chi connectivity index (χ2v) is 7.49. The van der Waals surface area contributed by atoms with Gasteiger partial charge in [-0.1, -0.05) is 19.2 Å². The van der Waals surface area contributed by atoms with Crippen LogP contribution in [-0.2, 0) is 16.1 Å². The van der Waals surface area contributed by atoms with Crippen LogP contribution in [0.3, 0.4) is 0 Å². The van der Waals surface area contributed by atoms with E-state index in [-0.39, 0.29) is 25.1 Å². The molecule has 1 saturated heterocycles. The zero-order valence-corrected chi connectivity index (χ0v) is 17.3. The van der Waals surface area contributed by atoms with Gasteiger partial charge in [0.15, 0.2) is 5.54 Å². The van der Waals surface area contributed by atoms with Crippen molar-refractivity contribution >= 4 is 17.8 Å². The molecule has 0 bridgehead atoms. The minimum absolute atomic E-state index is 0.0587. The van der Waals surface area contributed by atoms with Crippen LogP contribution in [0.15, 0.2) is 54.8 Å². The lowest BCUT2D eigenvalue weighted by molar-refractivity contribution is -0.123. The van der Waals surface area contributed by atoms with Crippen molar-refractivity contribution in [3.8, 4) is 5.75 Å². The minimum Gasteiger partial charge on any atom is -0.497 e. The average molecular weight is 411 g/mol. The normalized spacial score (nSPS) is 20.4. The van der Waals surface area contributed by atoms with Crippen LogP contribution in [-0.4, -0.2) is 48.0 Å². The number of methoxy groups -OCH3 is 1. The number of benzene rings is 1. The van der Waals surface area contributed by atoms with Crippen molar-refractivity contribution in [3.05, 3.63) is 66.0 Å². The topological polar surface area (TPSA) is 97.0 Å². The van der Waals surface area contributed by atoms with Crippen LogP contribution in [0.2, 0.25) is 0 Å². The highest BCUT2D eigenvalue weighted by Crippen LogP contribution is 2.31. The van der Waals surface area contributed by atoms with Crippen LogP contribution in [0.5, 0.6) is 5.75 Å². The smallest absolute Gasteiger partial charge is 0.322 e. The maximum absolute atomic E-state index is 12.9. The van der Waals surface area contributed by atoms with Crippen molar-refractivity contribution in [1.29, 1.82) is 0 Å². The van der Waals surface area contributed by atoms with Crippen molar-refractivity contribution in [2.24, 2.45) is 0 Å². The van der Waals surface area contributed by atoms with Crippen LogP contribution in [0.4, 0.5) is 4.79 Å². The number of nitrogens with zero attached hydrogens (tertiary/aromatic N) is 1. The number of nitrogens with one attached hydrogen (secondary N) is 2. The Balaban J connectivity index is 1.85. The van der Waals surface area contributed by atoms with E-state index in [0.717, 1.165) is 5.56 Å². The fraction of sp³-hybridized carbons (Fsp3) is 0.318. The molecule has 2 aliphatic heterocycles. The number of imide groups is 1. The third-order valence-corrected chi connectivity index (χ3v) is 4.97. The molecule has 1 unspecified atom stereocenters. The van der Waals surface area contributed by atoms with E-state index >= 15 is 0 Å². The molecule has 0 saturated carbocycles. The molecular formula is C22H25N3O5. The van der Waals surface area contributed by atoms with E-state index in [9.17, 15) is 14.4 Å². The molecule has 1 aromatic rings. The van der Waals surface area contributed by atoms with Gasteiger partial charge in [-0.3, -0.25) is 14.9 Å². The Morgan fingerprint density at radius 1 is 1.27 bits per heavy atom. The van der Waals surface area contributed by atoms with E-state index in [4.69, 9.17) is 9.47 Å². The summed E-state index contributed by atoms with van der Waals surface area (Å²) in [6, 6.07) is 4.55.